The molecule has 1 aliphatic rings. The molecule has 8 heteroatoms. The number of fused-ring (bicyclic) bond motifs is 1. The summed E-state index contributed by atoms with van der Waals surface area (Å²) in [5, 5.41) is 12.0. The van der Waals surface area contributed by atoms with Gasteiger partial charge in [-0.25, -0.2) is 9.97 Å². The number of aliphatic hydroxyl groups is 1. The number of nitrogens with one attached hydrogen (secondary N) is 1. The van der Waals surface area contributed by atoms with Crippen LogP contribution in [0.15, 0.2) is 42.7 Å². The van der Waals surface area contributed by atoms with Gasteiger partial charge in [-0.2, -0.15) is 0 Å². The number of aromatic nitrogens is 3. The van der Waals surface area contributed by atoms with Crippen molar-refractivity contribution in [1.82, 2.24) is 19.9 Å². The number of amides is 1. The normalized spacial score (nSPS) is 14.3. The molecule has 2 aromatic heterocycles. The van der Waals surface area contributed by atoms with Crippen LogP contribution in [0.3, 0.4) is 0 Å². The first-order valence-corrected chi connectivity index (χ1v) is 9.73. The zero-order valence-corrected chi connectivity index (χ0v) is 16.4. The van der Waals surface area contributed by atoms with E-state index in [1.54, 1.807) is 12.4 Å². The number of carbonyl (C=O) groups is 1. The van der Waals surface area contributed by atoms with Crippen LogP contribution in [0.2, 0.25) is 0 Å². The van der Waals surface area contributed by atoms with Crippen LogP contribution in [-0.4, -0.2) is 70.7 Å². The summed E-state index contributed by atoms with van der Waals surface area (Å²) < 4.78 is 0. The van der Waals surface area contributed by atoms with E-state index in [0.717, 1.165) is 41.1 Å². The van der Waals surface area contributed by atoms with Gasteiger partial charge < -0.3 is 20.2 Å². The number of carbonyl (C=O) groups excluding carboxylic acids is 1. The molecule has 8 nitrogen and oxygen atoms in total. The lowest BCUT2D eigenvalue weighted by atomic mass is 10.1. The summed E-state index contributed by atoms with van der Waals surface area (Å²) in [6, 6.07) is 10.2. The van der Waals surface area contributed by atoms with Gasteiger partial charge in [0.05, 0.1) is 17.8 Å². The molecule has 0 radical (unpaired) electrons. The number of piperazine rings is 1. The molecule has 0 aliphatic carbocycles. The third-order valence-corrected chi connectivity index (χ3v) is 5.18. The minimum Gasteiger partial charge on any atom is -0.396 e. The van der Waals surface area contributed by atoms with E-state index in [1.165, 1.54) is 0 Å². The van der Waals surface area contributed by atoms with Crippen LogP contribution in [0.25, 0.3) is 22.3 Å². The second kappa shape index (κ2) is 8.40. The Morgan fingerprint density at radius 1 is 1.10 bits per heavy atom. The molecule has 1 amide bonds. The quantitative estimate of drug-likeness (QED) is 0.683. The molecule has 2 N–H and O–H groups in total. The molecule has 3 aromatic rings. The van der Waals surface area contributed by atoms with E-state index in [0.29, 0.717) is 18.9 Å². The van der Waals surface area contributed by atoms with Crippen molar-refractivity contribution in [2.75, 3.05) is 50.1 Å². The van der Waals surface area contributed by atoms with Gasteiger partial charge in [0.15, 0.2) is 5.82 Å². The summed E-state index contributed by atoms with van der Waals surface area (Å²) >= 11 is 0. The second-order valence-corrected chi connectivity index (χ2v) is 6.92. The van der Waals surface area contributed by atoms with E-state index in [4.69, 9.17) is 5.11 Å². The average Bonchev–Trinajstić information content (AvgIpc) is 2.78. The molecular formula is C21H24N6O2. The molecule has 0 atom stereocenters. The molecule has 0 bridgehead atoms. The number of hydrogen-bond donors (Lipinski definition) is 2. The zero-order chi connectivity index (χ0) is 20.2. The Kier molecular flexibility index (Phi) is 5.53. The Morgan fingerprint density at radius 3 is 2.52 bits per heavy atom. The Hall–Kier alpha value is -3.26. The van der Waals surface area contributed by atoms with Gasteiger partial charge in [0.25, 0.3) is 0 Å². The van der Waals surface area contributed by atoms with E-state index in [9.17, 15) is 4.79 Å². The zero-order valence-electron chi connectivity index (χ0n) is 16.4. The molecule has 0 spiro atoms. The number of rotatable bonds is 5. The van der Waals surface area contributed by atoms with Gasteiger partial charge in [0, 0.05) is 63.3 Å². The van der Waals surface area contributed by atoms with Crippen molar-refractivity contribution in [3.63, 3.8) is 0 Å². The monoisotopic (exact) mass is 392 g/mol. The van der Waals surface area contributed by atoms with Crippen molar-refractivity contribution in [3.8, 4) is 11.3 Å². The number of nitrogens with zero attached hydrogens (tertiary/aromatic N) is 5. The summed E-state index contributed by atoms with van der Waals surface area (Å²) in [5.41, 5.74) is 4.53. The topological polar surface area (TPSA) is 94.5 Å². The van der Waals surface area contributed by atoms with Crippen LogP contribution < -0.4 is 10.2 Å². The smallest absolute Gasteiger partial charge is 0.225 e. The SMILES string of the molecule is CNc1nc(-c2ccc(N3CCN(C(=O)CCO)CC3)cc2)cc2nccnc12. The average molecular weight is 392 g/mol. The minimum atomic E-state index is -0.0931. The van der Waals surface area contributed by atoms with Gasteiger partial charge in [-0.3, -0.25) is 9.78 Å². The Balaban J connectivity index is 1.50. The van der Waals surface area contributed by atoms with E-state index >= 15 is 0 Å². The Bertz CT molecular complexity index is 1000. The maximum Gasteiger partial charge on any atom is 0.225 e. The summed E-state index contributed by atoms with van der Waals surface area (Å²) in [7, 11) is 1.83. The van der Waals surface area contributed by atoms with Crippen LogP contribution in [0, 0.1) is 0 Å². The van der Waals surface area contributed by atoms with Gasteiger partial charge in [-0.1, -0.05) is 12.1 Å². The van der Waals surface area contributed by atoms with Crippen molar-refractivity contribution >= 4 is 28.4 Å². The summed E-state index contributed by atoms with van der Waals surface area (Å²) in [4.78, 5) is 29.4. The highest BCUT2D eigenvalue weighted by Gasteiger charge is 2.20. The lowest BCUT2D eigenvalue weighted by molar-refractivity contribution is -0.132. The number of benzene rings is 1. The van der Waals surface area contributed by atoms with Gasteiger partial charge in [0.1, 0.15) is 5.52 Å². The largest absolute Gasteiger partial charge is 0.396 e. The molecule has 3 heterocycles. The van der Waals surface area contributed by atoms with E-state index in [-0.39, 0.29) is 18.9 Å². The Labute approximate surface area is 169 Å². The fourth-order valence-electron chi connectivity index (χ4n) is 3.61. The van der Waals surface area contributed by atoms with Crippen LogP contribution >= 0.6 is 0 Å². The molecule has 0 unspecified atom stereocenters. The van der Waals surface area contributed by atoms with E-state index < -0.39 is 0 Å². The molecule has 150 valence electrons. The van der Waals surface area contributed by atoms with Gasteiger partial charge >= 0.3 is 0 Å². The first kappa shape index (κ1) is 19.1. The molecule has 1 saturated heterocycles. The van der Waals surface area contributed by atoms with Crippen LogP contribution in [0.4, 0.5) is 11.5 Å². The number of hydrogen-bond acceptors (Lipinski definition) is 7. The number of aliphatic hydroxyl groups excluding tert-OH is 1. The lowest BCUT2D eigenvalue weighted by Gasteiger charge is -2.36. The molecule has 1 aliphatic heterocycles. The summed E-state index contributed by atoms with van der Waals surface area (Å²) in [6.45, 7) is 2.83. The van der Waals surface area contributed by atoms with Crippen molar-refractivity contribution in [3.05, 3.63) is 42.7 Å². The summed E-state index contributed by atoms with van der Waals surface area (Å²) in [6.07, 6.45) is 3.54. The first-order valence-electron chi connectivity index (χ1n) is 9.73. The molecule has 0 saturated carbocycles. The van der Waals surface area contributed by atoms with Crippen LogP contribution in [-0.2, 0) is 4.79 Å². The fourth-order valence-corrected chi connectivity index (χ4v) is 3.61. The molecule has 1 fully saturated rings. The van der Waals surface area contributed by atoms with Crippen molar-refractivity contribution in [2.45, 2.75) is 6.42 Å². The maximum absolute atomic E-state index is 11.9. The molecule has 4 rings (SSSR count). The van der Waals surface area contributed by atoms with E-state index in [2.05, 4.69) is 49.4 Å². The maximum atomic E-state index is 11.9. The highest BCUT2D eigenvalue weighted by atomic mass is 16.3. The minimum absolute atomic E-state index is 0.0216. The Morgan fingerprint density at radius 2 is 1.83 bits per heavy atom. The number of pyridine rings is 1. The van der Waals surface area contributed by atoms with Crippen molar-refractivity contribution in [2.24, 2.45) is 0 Å². The molecule has 1 aromatic carbocycles. The standard InChI is InChI=1S/C21H24N6O2/c1-22-21-20-18(23-7-8-24-20)14-17(25-21)15-2-4-16(5-3-15)26-9-11-27(12-10-26)19(29)6-13-28/h2-5,7-8,14,28H,6,9-13H2,1H3,(H,22,25). The number of anilines is 2. The van der Waals surface area contributed by atoms with Gasteiger partial charge in [0.2, 0.25) is 5.91 Å². The molecular weight excluding hydrogens is 368 g/mol. The van der Waals surface area contributed by atoms with Crippen molar-refractivity contribution < 1.29 is 9.90 Å². The highest BCUT2D eigenvalue weighted by molar-refractivity contribution is 5.88. The lowest BCUT2D eigenvalue weighted by Crippen LogP contribution is -2.48. The predicted molar refractivity (Wildman–Crippen MR) is 113 cm³/mol. The van der Waals surface area contributed by atoms with Crippen LogP contribution in [0.5, 0.6) is 0 Å². The van der Waals surface area contributed by atoms with Crippen molar-refractivity contribution in [1.29, 1.82) is 0 Å². The first-order chi connectivity index (χ1) is 14.2. The second-order valence-electron chi connectivity index (χ2n) is 6.92. The molecule has 29 heavy (non-hydrogen) atoms. The third-order valence-electron chi connectivity index (χ3n) is 5.18. The summed E-state index contributed by atoms with van der Waals surface area (Å²) in [5.74, 6) is 0.728. The van der Waals surface area contributed by atoms with Crippen LogP contribution in [0.1, 0.15) is 6.42 Å². The predicted octanol–water partition coefficient (Wildman–Crippen LogP) is 1.76. The fraction of sp³-hybridized carbons (Fsp3) is 0.333. The third kappa shape index (κ3) is 3.97. The highest BCUT2D eigenvalue weighted by Crippen LogP contribution is 2.27. The van der Waals surface area contributed by atoms with E-state index in [1.807, 2.05) is 18.0 Å². The van der Waals surface area contributed by atoms with Gasteiger partial charge in [-0.05, 0) is 18.2 Å². The van der Waals surface area contributed by atoms with Gasteiger partial charge in [-0.15, -0.1) is 0 Å².